The van der Waals surface area contributed by atoms with E-state index in [-0.39, 0.29) is 0 Å². The molecular weight excluding hydrogens is 304 g/mol. The van der Waals surface area contributed by atoms with Gasteiger partial charge in [0.05, 0.1) is 15.9 Å². The third-order valence-electron chi connectivity index (χ3n) is 4.63. The van der Waals surface area contributed by atoms with Crippen molar-refractivity contribution in [3.8, 4) is 10.7 Å². The van der Waals surface area contributed by atoms with Gasteiger partial charge in [-0.2, -0.15) is 0 Å². The molecule has 5 rings (SSSR count). The zero-order valence-corrected chi connectivity index (χ0v) is 13.5. The largest absolute Gasteiger partial charge is 0.303 e. The van der Waals surface area contributed by atoms with E-state index in [4.69, 9.17) is 15.0 Å². The molecule has 23 heavy (non-hydrogen) atoms. The van der Waals surface area contributed by atoms with Crippen LogP contribution >= 0.6 is 11.3 Å². The second-order valence-electron chi connectivity index (χ2n) is 6.08. The van der Waals surface area contributed by atoms with Crippen molar-refractivity contribution in [3.63, 3.8) is 0 Å². The molecule has 3 aromatic heterocycles. The van der Waals surface area contributed by atoms with Gasteiger partial charge in [0.2, 0.25) is 0 Å². The summed E-state index contributed by atoms with van der Waals surface area (Å²) in [5, 5.41) is 2.10. The monoisotopic (exact) mass is 320 g/mol. The summed E-state index contributed by atoms with van der Waals surface area (Å²) < 4.78 is 2.34. The van der Waals surface area contributed by atoms with E-state index >= 15 is 0 Å². The van der Waals surface area contributed by atoms with E-state index in [0.29, 0.717) is 6.04 Å². The van der Waals surface area contributed by atoms with Crippen LogP contribution in [0.2, 0.25) is 0 Å². The van der Waals surface area contributed by atoms with Crippen LogP contribution in [-0.2, 0) is 0 Å². The average molecular weight is 320 g/mol. The van der Waals surface area contributed by atoms with Crippen molar-refractivity contribution in [2.45, 2.75) is 31.7 Å². The van der Waals surface area contributed by atoms with Gasteiger partial charge in [0.15, 0.2) is 17.1 Å². The Hall–Kier alpha value is -2.27. The summed E-state index contributed by atoms with van der Waals surface area (Å²) in [5.41, 5.74) is 3.55. The molecule has 0 saturated heterocycles. The summed E-state index contributed by atoms with van der Waals surface area (Å²) in [7, 11) is 0. The molecule has 114 valence electrons. The summed E-state index contributed by atoms with van der Waals surface area (Å²) in [5.74, 6) is 1.03. The van der Waals surface area contributed by atoms with E-state index in [1.807, 2.05) is 24.3 Å². The molecule has 0 bridgehead atoms. The van der Waals surface area contributed by atoms with Gasteiger partial charge in [-0.3, -0.25) is 0 Å². The number of imidazole rings is 1. The van der Waals surface area contributed by atoms with Gasteiger partial charge in [0.25, 0.3) is 0 Å². The number of nitrogens with zero attached hydrogens (tertiary/aromatic N) is 4. The summed E-state index contributed by atoms with van der Waals surface area (Å²) in [6.45, 7) is 0. The summed E-state index contributed by atoms with van der Waals surface area (Å²) in [6.07, 6.45) is 4.99. The van der Waals surface area contributed by atoms with Crippen molar-refractivity contribution in [1.29, 1.82) is 0 Å². The van der Waals surface area contributed by atoms with Crippen LogP contribution in [0.3, 0.4) is 0 Å². The third-order valence-corrected chi connectivity index (χ3v) is 5.50. The summed E-state index contributed by atoms with van der Waals surface area (Å²) in [6, 6.07) is 12.7. The van der Waals surface area contributed by atoms with Crippen molar-refractivity contribution in [1.82, 2.24) is 19.5 Å². The third kappa shape index (κ3) is 2.07. The van der Waals surface area contributed by atoms with Crippen LogP contribution in [0.25, 0.3) is 33.0 Å². The van der Waals surface area contributed by atoms with E-state index in [1.54, 1.807) is 11.3 Å². The number of rotatable bonds is 2. The molecule has 0 spiro atoms. The molecule has 0 aliphatic heterocycles. The molecule has 1 aromatic carbocycles. The van der Waals surface area contributed by atoms with Gasteiger partial charge >= 0.3 is 0 Å². The first-order valence-electron chi connectivity index (χ1n) is 8.09. The van der Waals surface area contributed by atoms with E-state index in [0.717, 1.165) is 28.2 Å². The normalized spacial score (nSPS) is 15.8. The molecule has 4 nitrogen and oxygen atoms in total. The lowest BCUT2D eigenvalue weighted by atomic mass is 10.2. The average Bonchev–Trinajstić information content (AvgIpc) is 3.31. The first-order valence-corrected chi connectivity index (χ1v) is 8.97. The minimum Gasteiger partial charge on any atom is -0.303 e. The molecule has 0 unspecified atom stereocenters. The van der Waals surface area contributed by atoms with Gasteiger partial charge in [-0.25, -0.2) is 15.0 Å². The fourth-order valence-corrected chi connectivity index (χ4v) is 4.27. The van der Waals surface area contributed by atoms with Crippen molar-refractivity contribution in [3.05, 3.63) is 41.8 Å². The lowest BCUT2D eigenvalue weighted by molar-refractivity contribution is 0.535. The second kappa shape index (κ2) is 5.13. The van der Waals surface area contributed by atoms with E-state index in [9.17, 15) is 0 Å². The highest BCUT2D eigenvalue weighted by atomic mass is 32.1. The molecule has 0 radical (unpaired) electrons. The molecule has 0 N–H and O–H groups in total. The highest BCUT2D eigenvalue weighted by Gasteiger charge is 2.25. The molecule has 4 aromatic rings. The van der Waals surface area contributed by atoms with Gasteiger partial charge < -0.3 is 4.57 Å². The number of hydrogen-bond acceptors (Lipinski definition) is 4. The molecule has 1 aliphatic rings. The molecule has 5 heteroatoms. The Morgan fingerprint density at radius 2 is 1.70 bits per heavy atom. The van der Waals surface area contributed by atoms with Crippen LogP contribution < -0.4 is 0 Å². The Bertz CT molecular complexity index is 981. The van der Waals surface area contributed by atoms with E-state index < -0.39 is 0 Å². The smallest absolute Gasteiger partial charge is 0.198 e. The second-order valence-corrected chi connectivity index (χ2v) is 7.03. The number of para-hydroxylation sites is 2. The quantitative estimate of drug-likeness (QED) is 0.531. The fraction of sp³-hybridized carbons (Fsp3) is 0.278. The Balaban J connectivity index is 1.84. The Kier molecular flexibility index (Phi) is 2.94. The SMILES string of the molecule is c1csc(-c2nc3nc4ccccc4nc3n2C2CCCC2)c1. The fourth-order valence-electron chi connectivity index (χ4n) is 3.56. The van der Waals surface area contributed by atoms with Crippen LogP contribution in [0.15, 0.2) is 41.8 Å². The maximum atomic E-state index is 4.90. The maximum absolute atomic E-state index is 4.90. The number of aromatic nitrogens is 4. The Labute approximate surface area is 137 Å². The molecule has 0 atom stereocenters. The van der Waals surface area contributed by atoms with Crippen LogP contribution in [0.4, 0.5) is 0 Å². The predicted octanol–water partition coefficient (Wildman–Crippen LogP) is 4.82. The van der Waals surface area contributed by atoms with Crippen LogP contribution in [-0.4, -0.2) is 19.5 Å². The van der Waals surface area contributed by atoms with Crippen molar-refractivity contribution >= 4 is 33.7 Å². The van der Waals surface area contributed by atoms with Gasteiger partial charge in [-0.05, 0) is 36.4 Å². The number of thiophene rings is 1. The standard InChI is InChI=1S/C18H16N4S/c1-2-7-12(6-1)22-17(15-10-5-11-23-15)21-16-18(22)20-14-9-4-3-8-13(14)19-16/h3-5,8-12H,1-2,6-7H2. The van der Waals surface area contributed by atoms with Gasteiger partial charge in [-0.15, -0.1) is 11.3 Å². The molecule has 0 amide bonds. The number of benzene rings is 1. The zero-order chi connectivity index (χ0) is 15.2. The number of hydrogen-bond donors (Lipinski definition) is 0. The minimum absolute atomic E-state index is 0.493. The van der Waals surface area contributed by atoms with Crippen LogP contribution in [0, 0.1) is 0 Å². The van der Waals surface area contributed by atoms with Crippen LogP contribution in [0.5, 0.6) is 0 Å². The van der Waals surface area contributed by atoms with E-state index in [1.165, 1.54) is 30.6 Å². The zero-order valence-electron chi connectivity index (χ0n) is 12.6. The van der Waals surface area contributed by atoms with E-state index in [2.05, 4.69) is 22.1 Å². The molecule has 1 aliphatic carbocycles. The lowest BCUT2D eigenvalue weighted by Gasteiger charge is -2.14. The highest BCUT2D eigenvalue weighted by Crippen LogP contribution is 2.37. The lowest BCUT2D eigenvalue weighted by Crippen LogP contribution is -2.07. The molecular formula is C18H16N4S. The number of fused-ring (bicyclic) bond motifs is 2. The first-order chi connectivity index (χ1) is 11.4. The Morgan fingerprint density at radius 1 is 0.913 bits per heavy atom. The highest BCUT2D eigenvalue weighted by molar-refractivity contribution is 7.13. The van der Waals surface area contributed by atoms with Crippen LogP contribution in [0.1, 0.15) is 31.7 Å². The van der Waals surface area contributed by atoms with Gasteiger partial charge in [-0.1, -0.05) is 31.0 Å². The minimum atomic E-state index is 0.493. The predicted molar refractivity (Wildman–Crippen MR) is 93.6 cm³/mol. The van der Waals surface area contributed by atoms with Gasteiger partial charge in [0, 0.05) is 6.04 Å². The summed E-state index contributed by atoms with van der Waals surface area (Å²) in [4.78, 5) is 15.7. The molecule has 1 fully saturated rings. The molecule has 1 saturated carbocycles. The summed E-state index contributed by atoms with van der Waals surface area (Å²) >= 11 is 1.73. The van der Waals surface area contributed by atoms with Gasteiger partial charge in [0.1, 0.15) is 0 Å². The first kappa shape index (κ1) is 13.2. The van der Waals surface area contributed by atoms with Crippen molar-refractivity contribution < 1.29 is 0 Å². The Morgan fingerprint density at radius 3 is 2.43 bits per heavy atom. The van der Waals surface area contributed by atoms with Crippen molar-refractivity contribution in [2.75, 3.05) is 0 Å². The maximum Gasteiger partial charge on any atom is 0.198 e. The topological polar surface area (TPSA) is 43.6 Å². The molecule has 3 heterocycles. The van der Waals surface area contributed by atoms with Crippen molar-refractivity contribution in [2.24, 2.45) is 0 Å².